The molecule has 0 aromatic rings. The van der Waals surface area contributed by atoms with E-state index in [9.17, 15) is 0 Å². The first-order chi connectivity index (χ1) is 3.33. The summed E-state index contributed by atoms with van der Waals surface area (Å²) in [7, 11) is 0. The van der Waals surface area contributed by atoms with Crippen LogP contribution in [-0.2, 0) is 0 Å². The smallest absolute Gasteiger partial charge is 0.0545 e. The van der Waals surface area contributed by atoms with E-state index in [1.807, 2.05) is 0 Å². The van der Waals surface area contributed by atoms with Crippen LogP contribution >= 0.6 is 0 Å². The molecule has 0 aliphatic heterocycles. The Morgan fingerprint density at radius 2 is 2.14 bits per heavy atom. The first-order valence-corrected chi connectivity index (χ1v) is 3.01. The van der Waals surface area contributed by atoms with Gasteiger partial charge in [-0.1, -0.05) is 13.3 Å². The van der Waals surface area contributed by atoms with Gasteiger partial charge in [-0.05, 0) is 18.8 Å². The first kappa shape index (κ1) is 5.10. The molecule has 1 nitrogen and oxygen atoms in total. The van der Waals surface area contributed by atoms with Crippen LogP contribution in [0.25, 0.3) is 0 Å². The summed E-state index contributed by atoms with van der Waals surface area (Å²) < 4.78 is 0. The Balaban J connectivity index is 2.06. The minimum Gasteiger partial charge on any atom is -0.393 e. The largest absolute Gasteiger partial charge is 0.393 e. The quantitative estimate of drug-likeness (QED) is 0.524. The molecule has 0 aromatic heterocycles. The van der Waals surface area contributed by atoms with Gasteiger partial charge in [-0.3, -0.25) is 0 Å². The van der Waals surface area contributed by atoms with E-state index in [-0.39, 0.29) is 6.10 Å². The molecule has 42 valence electrons. The Morgan fingerprint density at radius 1 is 1.57 bits per heavy atom. The van der Waals surface area contributed by atoms with Crippen molar-refractivity contribution in [3.8, 4) is 0 Å². The second-order valence-electron chi connectivity index (χ2n) is 2.40. The molecule has 1 aliphatic rings. The zero-order valence-corrected chi connectivity index (χ0v) is 4.72. The van der Waals surface area contributed by atoms with Crippen molar-refractivity contribution in [1.82, 2.24) is 0 Å². The highest BCUT2D eigenvalue weighted by Crippen LogP contribution is 2.29. The van der Waals surface area contributed by atoms with Crippen LogP contribution in [0, 0.1) is 5.92 Å². The monoisotopic (exact) mass is 100 g/mol. The molecular weight excluding hydrogens is 88.1 g/mol. The Hall–Kier alpha value is -0.0400. The average molecular weight is 100 g/mol. The summed E-state index contributed by atoms with van der Waals surface area (Å²) in [5, 5.41) is 8.75. The molecule has 0 atom stereocenters. The summed E-state index contributed by atoms with van der Waals surface area (Å²) in [6, 6.07) is 0. The topological polar surface area (TPSA) is 20.2 Å². The van der Waals surface area contributed by atoms with Gasteiger partial charge in [0.2, 0.25) is 0 Å². The summed E-state index contributed by atoms with van der Waals surface area (Å²) in [6.07, 6.45) is 3.40. The summed E-state index contributed by atoms with van der Waals surface area (Å²) in [6.45, 7) is 2.18. The average Bonchev–Trinajstić information content (AvgIpc) is 1.58. The van der Waals surface area contributed by atoms with E-state index in [0.29, 0.717) is 0 Å². The van der Waals surface area contributed by atoms with Gasteiger partial charge in [-0.15, -0.1) is 0 Å². The van der Waals surface area contributed by atoms with Gasteiger partial charge in [0.05, 0.1) is 6.10 Å². The Labute approximate surface area is 44.4 Å². The number of rotatable bonds is 1. The summed E-state index contributed by atoms with van der Waals surface area (Å²) >= 11 is 0. The molecule has 0 bridgehead atoms. The highest BCUT2D eigenvalue weighted by molar-refractivity contribution is 4.76. The van der Waals surface area contributed by atoms with Crippen molar-refractivity contribution in [2.75, 3.05) is 0 Å². The molecule has 0 radical (unpaired) electrons. The fourth-order valence-corrected chi connectivity index (χ4v) is 1.03. The van der Waals surface area contributed by atoms with E-state index in [1.165, 1.54) is 6.42 Å². The van der Waals surface area contributed by atoms with Gasteiger partial charge >= 0.3 is 0 Å². The van der Waals surface area contributed by atoms with Crippen LogP contribution in [0.4, 0.5) is 0 Å². The van der Waals surface area contributed by atoms with E-state index >= 15 is 0 Å². The van der Waals surface area contributed by atoms with Crippen molar-refractivity contribution >= 4 is 0 Å². The maximum Gasteiger partial charge on any atom is 0.0545 e. The van der Waals surface area contributed by atoms with Crippen molar-refractivity contribution < 1.29 is 5.11 Å². The van der Waals surface area contributed by atoms with Gasteiger partial charge in [-0.2, -0.15) is 0 Å². The predicted molar refractivity (Wildman–Crippen MR) is 29.0 cm³/mol. The van der Waals surface area contributed by atoms with Gasteiger partial charge < -0.3 is 5.11 Å². The first-order valence-electron chi connectivity index (χ1n) is 3.01. The summed E-state index contributed by atoms with van der Waals surface area (Å²) in [5.74, 6) is 0.843. The molecule has 0 spiro atoms. The zero-order valence-electron chi connectivity index (χ0n) is 4.72. The van der Waals surface area contributed by atoms with Crippen LogP contribution in [-0.4, -0.2) is 11.2 Å². The van der Waals surface area contributed by atoms with Crippen LogP contribution in [0.1, 0.15) is 26.2 Å². The van der Waals surface area contributed by atoms with Gasteiger partial charge in [0.15, 0.2) is 0 Å². The molecule has 0 aromatic carbocycles. The minimum absolute atomic E-state index is 0.0462. The van der Waals surface area contributed by atoms with Gasteiger partial charge in [-0.25, -0.2) is 0 Å². The molecule has 1 aliphatic carbocycles. The van der Waals surface area contributed by atoms with Crippen LogP contribution in [0.2, 0.25) is 0 Å². The lowest BCUT2D eigenvalue weighted by Crippen LogP contribution is -2.27. The molecule has 1 saturated carbocycles. The molecule has 1 N–H and O–H groups in total. The van der Waals surface area contributed by atoms with E-state index in [0.717, 1.165) is 18.8 Å². The van der Waals surface area contributed by atoms with E-state index in [1.54, 1.807) is 0 Å². The van der Waals surface area contributed by atoms with Crippen LogP contribution < -0.4 is 0 Å². The van der Waals surface area contributed by atoms with Gasteiger partial charge in [0, 0.05) is 0 Å². The molecule has 1 rings (SSSR count). The number of aliphatic hydroxyl groups is 1. The third kappa shape index (κ3) is 0.942. The lowest BCUT2D eigenvalue weighted by atomic mass is 9.81. The molecule has 1 fully saturated rings. The highest BCUT2D eigenvalue weighted by atomic mass is 16.3. The lowest BCUT2D eigenvalue weighted by molar-refractivity contribution is 0.0414. The number of hydrogen-bond acceptors (Lipinski definition) is 1. The molecule has 7 heavy (non-hydrogen) atoms. The molecule has 0 amide bonds. The number of aliphatic hydroxyl groups excluding tert-OH is 1. The normalized spacial score (nSPS) is 40.3. The zero-order chi connectivity index (χ0) is 5.28. The second-order valence-corrected chi connectivity index (χ2v) is 2.40. The van der Waals surface area contributed by atoms with Crippen LogP contribution in [0.3, 0.4) is 0 Å². The molecule has 0 heterocycles. The van der Waals surface area contributed by atoms with E-state index in [4.69, 9.17) is 5.11 Å². The SMILES string of the molecule is CC[C@H]1C[C@@H](O)C1. The van der Waals surface area contributed by atoms with Crippen molar-refractivity contribution in [2.24, 2.45) is 5.92 Å². The Morgan fingerprint density at radius 3 is 2.29 bits per heavy atom. The highest BCUT2D eigenvalue weighted by Gasteiger charge is 2.24. The molecule has 0 saturated heterocycles. The molecule has 0 unspecified atom stereocenters. The summed E-state index contributed by atoms with van der Waals surface area (Å²) in [5.41, 5.74) is 0. The van der Waals surface area contributed by atoms with Crippen LogP contribution in [0.15, 0.2) is 0 Å². The maximum atomic E-state index is 8.75. The second kappa shape index (κ2) is 1.83. The van der Waals surface area contributed by atoms with Crippen molar-refractivity contribution in [1.29, 1.82) is 0 Å². The summed E-state index contributed by atoms with van der Waals surface area (Å²) in [4.78, 5) is 0. The van der Waals surface area contributed by atoms with E-state index in [2.05, 4.69) is 6.92 Å². The van der Waals surface area contributed by atoms with Crippen molar-refractivity contribution in [2.45, 2.75) is 32.3 Å². The predicted octanol–water partition coefficient (Wildman–Crippen LogP) is 1.17. The van der Waals surface area contributed by atoms with Crippen molar-refractivity contribution in [3.05, 3.63) is 0 Å². The maximum absolute atomic E-state index is 8.75. The van der Waals surface area contributed by atoms with Crippen LogP contribution in [0.5, 0.6) is 0 Å². The minimum atomic E-state index is 0.0462. The Bertz CT molecular complexity index is 55.2. The van der Waals surface area contributed by atoms with Gasteiger partial charge in [0.25, 0.3) is 0 Å². The fourth-order valence-electron chi connectivity index (χ4n) is 1.03. The van der Waals surface area contributed by atoms with Gasteiger partial charge in [0.1, 0.15) is 0 Å². The third-order valence-electron chi connectivity index (χ3n) is 1.79. The van der Waals surface area contributed by atoms with E-state index < -0.39 is 0 Å². The number of hydrogen-bond donors (Lipinski definition) is 1. The third-order valence-corrected chi connectivity index (χ3v) is 1.79. The Kier molecular flexibility index (Phi) is 1.33. The van der Waals surface area contributed by atoms with Crippen molar-refractivity contribution in [3.63, 3.8) is 0 Å². The lowest BCUT2D eigenvalue weighted by Gasteiger charge is -2.29. The standard InChI is InChI=1S/C6H12O/c1-2-5-3-6(7)4-5/h5-7H,2-4H2,1H3/t5-,6+. The fraction of sp³-hybridized carbons (Fsp3) is 1.00. The molecular formula is C6H12O. The molecule has 1 heteroatoms.